The summed E-state index contributed by atoms with van der Waals surface area (Å²) < 4.78 is 5.55. The molecule has 3 nitrogen and oxygen atoms in total. The number of aryl methyl sites for hydroxylation is 1. The standard InChI is InChI=1S/C18H27NO2/c1-14-8-10-15(11-9-14)13-16-7-5-6-12-19(16)17(20)21-18(2,3)4/h8-11,16H,5-7,12-13H2,1-4H3. The summed E-state index contributed by atoms with van der Waals surface area (Å²) in [7, 11) is 0. The summed E-state index contributed by atoms with van der Waals surface area (Å²) >= 11 is 0. The molecule has 1 aromatic carbocycles. The molecule has 1 atom stereocenters. The number of hydrogen-bond donors (Lipinski definition) is 0. The second-order valence-corrected chi connectivity index (χ2v) is 7.01. The summed E-state index contributed by atoms with van der Waals surface area (Å²) in [4.78, 5) is 14.3. The lowest BCUT2D eigenvalue weighted by Crippen LogP contribution is -2.47. The van der Waals surface area contributed by atoms with Crippen LogP contribution in [0.2, 0.25) is 0 Å². The molecular weight excluding hydrogens is 262 g/mol. The molecule has 0 radical (unpaired) electrons. The highest BCUT2D eigenvalue weighted by atomic mass is 16.6. The number of piperidine rings is 1. The summed E-state index contributed by atoms with van der Waals surface area (Å²) in [5.74, 6) is 0. The average Bonchev–Trinajstić information content (AvgIpc) is 2.40. The maximum atomic E-state index is 12.4. The lowest BCUT2D eigenvalue weighted by Gasteiger charge is -2.37. The van der Waals surface area contributed by atoms with Gasteiger partial charge in [0.15, 0.2) is 0 Å². The first-order valence-electron chi connectivity index (χ1n) is 7.90. The zero-order valence-corrected chi connectivity index (χ0v) is 13.7. The highest BCUT2D eigenvalue weighted by Crippen LogP contribution is 2.23. The normalized spacial score (nSPS) is 19.4. The maximum Gasteiger partial charge on any atom is 0.410 e. The molecule has 2 rings (SSSR count). The summed E-state index contributed by atoms with van der Waals surface area (Å²) in [5, 5.41) is 0. The van der Waals surface area contributed by atoms with Crippen LogP contribution >= 0.6 is 0 Å². The van der Waals surface area contributed by atoms with Crippen LogP contribution in [0, 0.1) is 6.92 Å². The van der Waals surface area contributed by atoms with Gasteiger partial charge in [0.2, 0.25) is 0 Å². The third-order valence-electron chi connectivity index (χ3n) is 3.85. The zero-order chi connectivity index (χ0) is 15.5. The van der Waals surface area contributed by atoms with Crippen molar-refractivity contribution >= 4 is 6.09 Å². The Morgan fingerprint density at radius 1 is 1.24 bits per heavy atom. The zero-order valence-electron chi connectivity index (χ0n) is 13.7. The van der Waals surface area contributed by atoms with Gasteiger partial charge in [0.05, 0.1) is 0 Å². The van der Waals surface area contributed by atoms with Crippen molar-refractivity contribution in [3.63, 3.8) is 0 Å². The van der Waals surface area contributed by atoms with Crippen molar-refractivity contribution < 1.29 is 9.53 Å². The molecule has 0 N–H and O–H groups in total. The molecule has 1 amide bonds. The van der Waals surface area contributed by atoms with Crippen molar-refractivity contribution in [1.82, 2.24) is 4.90 Å². The van der Waals surface area contributed by atoms with Crippen LogP contribution in [0.4, 0.5) is 4.79 Å². The van der Waals surface area contributed by atoms with E-state index in [9.17, 15) is 4.79 Å². The number of benzene rings is 1. The second-order valence-electron chi connectivity index (χ2n) is 7.01. The molecule has 1 saturated heterocycles. The number of carbonyl (C=O) groups excluding carboxylic acids is 1. The molecule has 21 heavy (non-hydrogen) atoms. The highest BCUT2D eigenvalue weighted by Gasteiger charge is 2.30. The highest BCUT2D eigenvalue weighted by molar-refractivity contribution is 5.68. The van der Waals surface area contributed by atoms with E-state index in [0.717, 1.165) is 25.8 Å². The van der Waals surface area contributed by atoms with E-state index in [1.165, 1.54) is 17.5 Å². The van der Waals surface area contributed by atoms with Gasteiger partial charge >= 0.3 is 6.09 Å². The third-order valence-corrected chi connectivity index (χ3v) is 3.85. The first-order chi connectivity index (χ1) is 9.85. The van der Waals surface area contributed by atoms with Gasteiger partial charge in [0, 0.05) is 12.6 Å². The summed E-state index contributed by atoms with van der Waals surface area (Å²) in [6.45, 7) is 8.67. The molecule has 116 valence electrons. The fourth-order valence-electron chi connectivity index (χ4n) is 2.77. The monoisotopic (exact) mass is 289 g/mol. The molecule has 1 fully saturated rings. The predicted molar refractivity (Wildman–Crippen MR) is 85.5 cm³/mol. The second kappa shape index (κ2) is 6.50. The van der Waals surface area contributed by atoms with Gasteiger partial charge in [-0.15, -0.1) is 0 Å². The minimum Gasteiger partial charge on any atom is -0.444 e. The van der Waals surface area contributed by atoms with Crippen molar-refractivity contribution in [1.29, 1.82) is 0 Å². The molecule has 1 aromatic rings. The number of hydrogen-bond acceptors (Lipinski definition) is 2. The quantitative estimate of drug-likeness (QED) is 0.811. The predicted octanol–water partition coefficient (Wildman–Crippen LogP) is 4.33. The van der Waals surface area contributed by atoms with E-state index >= 15 is 0 Å². The van der Waals surface area contributed by atoms with Gasteiger partial charge in [-0.25, -0.2) is 4.79 Å². The fourth-order valence-corrected chi connectivity index (χ4v) is 2.77. The smallest absolute Gasteiger partial charge is 0.410 e. The Morgan fingerprint density at radius 3 is 2.52 bits per heavy atom. The largest absolute Gasteiger partial charge is 0.444 e. The lowest BCUT2D eigenvalue weighted by molar-refractivity contribution is 0.00995. The number of ether oxygens (including phenoxy) is 1. The number of likely N-dealkylation sites (tertiary alicyclic amines) is 1. The van der Waals surface area contributed by atoms with E-state index < -0.39 is 5.60 Å². The topological polar surface area (TPSA) is 29.5 Å². The molecule has 3 heteroatoms. The molecule has 0 spiro atoms. The van der Waals surface area contributed by atoms with Crippen LogP contribution in [-0.2, 0) is 11.2 Å². The van der Waals surface area contributed by atoms with Crippen LogP contribution in [0.15, 0.2) is 24.3 Å². The van der Waals surface area contributed by atoms with Gasteiger partial charge in [-0.3, -0.25) is 0 Å². The molecule has 1 aliphatic heterocycles. The van der Waals surface area contributed by atoms with Crippen molar-refractivity contribution in [3.8, 4) is 0 Å². The molecule has 0 bridgehead atoms. The third kappa shape index (κ3) is 4.76. The number of rotatable bonds is 2. The van der Waals surface area contributed by atoms with Crippen molar-refractivity contribution in [2.45, 2.75) is 65.0 Å². The number of nitrogens with zero attached hydrogens (tertiary/aromatic N) is 1. The van der Waals surface area contributed by atoms with Crippen LogP contribution in [0.1, 0.15) is 51.2 Å². The van der Waals surface area contributed by atoms with E-state index in [4.69, 9.17) is 4.74 Å². The number of carbonyl (C=O) groups is 1. The molecule has 1 unspecified atom stereocenters. The Balaban J connectivity index is 2.04. The SMILES string of the molecule is Cc1ccc(CC2CCCCN2C(=O)OC(C)(C)C)cc1. The van der Waals surface area contributed by atoms with E-state index in [2.05, 4.69) is 31.2 Å². The van der Waals surface area contributed by atoms with Gasteiger partial charge in [-0.2, -0.15) is 0 Å². The van der Waals surface area contributed by atoms with Crippen LogP contribution in [-0.4, -0.2) is 29.2 Å². The molecule has 1 heterocycles. The molecular formula is C18H27NO2. The molecule has 0 aromatic heterocycles. The van der Waals surface area contributed by atoms with Gasteiger partial charge < -0.3 is 9.64 Å². The summed E-state index contributed by atoms with van der Waals surface area (Å²) in [5.41, 5.74) is 2.13. The van der Waals surface area contributed by atoms with E-state index in [-0.39, 0.29) is 12.1 Å². The Hall–Kier alpha value is -1.51. The summed E-state index contributed by atoms with van der Waals surface area (Å²) in [6, 6.07) is 8.86. The fraction of sp³-hybridized carbons (Fsp3) is 0.611. The van der Waals surface area contributed by atoms with Gasteiger partial charge in [-0.1, -0.05) is 29.8 Å². The van der Waals surface area contributed by atoms with Crippen LogP contribution < -0.4 is 0 Å². The lowest BCUT2D eigenvalue weighted by atomic mass is 9.95. The Labute approximate surface area is 128 Å². The van der Waals surface area contributed by atoms with Gasteiger partial charge in [-0.05, 0) is 58.9 Å². The van der Waals surface area contributed by atoms with E-state index in [1.807, 2.05) is 25.7 Å². The molecule has 0 saturated carbocycles. The Kier molecular flexibility index (Phi) is 4.92. The maximum absolute atomic E-state index is 12.4. The molecule has 0 aliphatic carbocycles. The van der Waals surface area contributed by atoms with Crippen LogP contribution in [0.3, 0.4) is 0 Å². The minimum atomic E-state index is -0.428. The van der Waals surface area contributed by atoms with E-state index in [0.29, 0.717) is 0 Å². The van der Waals surface area contributed by atoms with Crippen molar-refractivity contribution in [2.24, 2.45) is 0 Å². The van der Waals surface area contributed by atoms with Gasteiger partial charge in [0.25, 0.3) is 0 Å². The van der Waals surface area contributed by atoms with Gasteiger partial charge in [0.1, 0.15) is 5.60 Å². The molecule has 1 aliphatic rings. The van der Waals surface area contributed by atoms with Crippen molar-refractivity contribution in [3.05, 3.63) is 35.4 Å². The first-order valence-corrected chi connectivity index (χ1v) is 7.90. The van der Waals surface area contributed by atoms with Crippen molar-refractivity contribution in [2.75, 3.05) is 6.54 Å². The first kappa shape index (κ1) is 15.9. The van der Waals surface area contributed by atoms with Crippen LogP contribution in [0.25, 0.3) is 0 Å². The average molecular weight is 289 g/mol. The Morgan fingerprint density at radius 2 is 1.90 bits per heavy atom. The minimum absolute atomic E-state index is 0.167. The van der Waals surface area contributed by atoms with E-state index in [1.54, 1.807) is 0 Å². The Bertz CT molecular complexity index is 473. The summed E-state index contributed by atoms with van der Waals surface area (Å²) in [6.07, 6.45) is 4.07. The number of amides is 1. The van der Waals surface area contributed by atoms with Crippen LogP contribution in [0.5, 0.6) is 0 Å².